The average molecular weight is 461 g/mol. The highest BCUT2D eigenvalue weighted by atomic mass is 79.9. The molecule has 0 bridgehead atoms. The number of esters is 2. The van der Waals surface area contributed by atoms with Crippen molar-refractivity contribution >= 4 is 33.7 Å². The number of hydrogen-bond acceptors (Lipinski definition) is 5. The molecule has 0 fully saturated rings. The molecule has 6 heteroatoms. The fourth-order valence-electron chi connectivity index (χ4n) is 3.60. The van der Waals surface area contributed by atoms with E-state index in [2.05, 4.69) is 15.9 Å². The van der Waals surface area contributed by atoms with Crippen molar-refractivity contribution in [2.45, 2.75) is 26.7 Å². The predicted molar refractivity (Wildman–Crippen MR) is 114 cm³/mol. The van der Waals surface area contributed by atoms with Crippen molar-refractivity contribution in [3.63, 3.8) is 0 Å². The Morgan fingerprint density at radius 2 is 1.45 bits per heavy atom. The maximum atomic E-state index is 13.4. The van der Waals surface area contributed by atoms with E-state index < -0.39 is 29.7 Å². The van der Waals surface area contributed by atoms with Crippen LogP contribution in [0.15, 0.2) is 46.9 Å². The van der Waals surface area contributed by atoms with Crippen LogP contribution in [-0.4, -0.2) is 31.9 Å². The fraction of sp³-hybridized carbons (Fsp3) is 0.348. The van der Waals surface area contributed by atoms with Crippen LogP contribution in [0.1, 0.15) is 39.9 Å². The Kier molecular flexibility index (Phi) is 7.73. The molecule has 0 aliphatic rings. The van der Waals surface area contributed by atoms with Crippen LogP contribution in [0.5, 0.6) is 0 Å². The Morgan fingerprint density at radius 1 is 0.897 bits per heavy atom. The lowest BCUT2D eigenvalue weighted by atomic mass is 9.74. The molecule has 0 aliphatic carbocycles. The highest BCUT2D eigenvalue weighted by molar-refractivity contribution is 9.10. The van der Waals surface area contributed by atoms with Crippen LogP contribution in [-0.2, 0) is 19.1 Å². The van der Waals surface area contributed by atoms with E-state index in [1.54, 1.807) is 25.1 Å². The maximum Gasteiger partial charge on any atom is 0.320 e. The number of methoxy groups -OCH3 is 2. The van der Waals surface area contributed by atoms with Gasteiger partial charge in [0, 0.05) is 21.9 Å². The van der Waals surface area contributed by atoms with E-state index in [1.165, 1.54) is 14.2 Å². The number of halogens is 1. The summed E-state index contributed by atoms with van der Waals surface area (Å²) in [5.74, 6) is -4.27. The Labute approximate surface area is 179 Å². The van der Waals surface area contributed by atoms with Crippen LogP contribution < -0.4 is 0 Å². The molecule has 2 atom stereocenters. The summed E-state index contributed by atoms with van der Waals surface area (Å²) in [7, 11) is 2.43. The van der Waals surface area contributed by atoms with Crippen LogP contribution >= 0.6 is 15.9 Å². The second-order valence-corrected chi connectivity index (χ2v) is 7.99. The van der Waals surface area contributed by atoms with Crippen molar-refractivity contribution < 1.29 is 23.9 Å². The average Bonchev–Trinajstić information content (AvgIpc) is 2.70. The van der Waals surface area contributed by atoms with Crippen LogP contribution in [0, 0.1) is 25.7 Å². The number of benzene rings is 2. The van der Waals surface area contributed by atoms with Gasteiger partial charge in [0.1, 0.15) is 0 Å². The summed E-state index contributed by atoms with van der Waals surface area (Å²) in [6.45, 7) is 5.56. The van der Waals surface area contributed by atoms with Gasteiger partial charge in [-0.05, 0) is 37.1 Å². The largest absolute Gasteiger partial charge is 0.468 e. The van der Waals surface area contributed by atoms with E-state index >= 15 is 0 Å². The highest BCUT2D eigenvalue weighted by Gasteiger charge is 2.43. The second-order valence-electron chi connectivity index (χ2n) is 7.07. The van der Waals surface area contributed by atoms with Crippen molar-refractivity contribution in [3.05, 3.63) is 69.2 Å². The van der Waals surface area contributed by atoms with E-state index in [4.69, 9.17) is 9.47 Å². The molecule has 0 saturated carbocycles. The summed E-state index contributed by atoms with van der Waals surface area (Å²) in [5, 5.41) is 0. The van der Waals surface area contributed by atoms with E-state index in [0.29, 0.717) is 11.1 Å². The molecule has 2 aromatic rings. The molecule has 29 heavy (non-hydrogen) atoms. The van der Waals surface area contributed by atoms with Gasteiger partial charge in [0.2, 0.25) is 0 Å². The zero-order valence-corrected chi connectivity index (χ0v) is 18.8. The van der Waals surface area contributed by atoms with Gasteiger partial charge in [-0.2, -0.15) is 0 Å². The predicted octanol–water partition coefficient (Wildman–Crippen LogP) is 4.63. The number of Topliss-reactive ketones (excluding diaryl/α,β-unsaturated/α-hetero) is 1. The van der Waals surface area contributed by atoms with E-state index in [0.717, 1.165) is 15.6 Å². The third-order valence-electron chi connectivity index (χ3n) is 5.12. The number of hydrogen-bond donors (Lipinski definition) is 0. The second kappa shape index (κ2) is 9.83. The lowest BCUT2D eigenvalue weighted by molar-refractivity contribution is -0.160. The van der Waals surface area contributed by atoms with Gasteiger partial charge in [-0.15, -0.1) is 0 Å². The van der Waals surface area contributed by atoms with Crippen molar-refractivity contribution in [1.29, 1.82) is 0 Å². The summed E-state index contributed by atoms with van der Waals surface area (Å²) in [4.78, 5) is 38.4. The molecule has 2 unspecified atom stereocenters. The summed E-state index contributed by atoms with van der Waals surface area (Å²) >= 11 is 3.39. The molecular formula is C23H25BrO5. The third-order valence-corrected chi connectivity index (χ3v) is 5.65. The first-order valence-electron chi connectivity index (χ1n) is 9.23. The first-order valence-corrected chi connectivity index (χ1v) is 10.0. The first-order chi connectivity index (χ1) is 13.7. The molecule has 0 aromatic heterocycles. The fourth-order valence-corrected chi connectivity index (χ4v) is 3.86. The Hall–Kier alpha value is -2.47. The lowest BCUT2D eigenvalue weighted by Crippen LogP contribution is -2.37. The Balaban J connectivity index is 2.58. The first kappa shape index (κ1) is 22.8. The number of ketones is 1. The molecule has 2 aromatic carbocycles. The molecular weight excluding hydrogens is 436 g/mol. The van der Waals surface area contributed by atoms with Crippen molar-refractivity contribution in [3.8, 4) is 0 Å². The van der Waals surface area contributed by atoms with Crippen molar-refractivity contribution in [2.75, 3.05) is 14.2 Å². The van der Waals surface area contributed by atoms with Gasteiger partial charge in [-0.1, -0.05) is 58.7 Å². The van der Waals surface area contributed by atoms with Crippen LogP contribution in [0.2, 0.25) is 0 Å². The SMILES string of the molecule is COC(=O)C(C(=O)OC)C(c1ccc(Br)cc1)C(C)C(=O)c1ccc(C)cc1C. The molecule has 0 aliphatic heterocycles. The molecule has 0 N–H and O–H groups in total. The van der Waals surface area contributed by atoms with Crippen LogP contribution in [0.25, 0.3) is 0 Å². The minimum Gasteiger partial charge on any atom is -0.468 e. The molecule has 154 valence electrons. The van der Waals surface area contributed by atoms with Gasteiger partial charge in [-0.25, -0.2) is 0 Å². The third kappa shape index (κ3) is 5.12. The monoisotopic (exact) mass is 460 g/mol. The van der Waals surface area contributed by atoms with Gasteiger partial charge in [0.05, 0.1) is 14.2 Å². The molecule has 0 radical (unpaired) electrons. The van der Waals surface area contributed by atoms with Gasteiger partial charge in [-0.3, -0.25) is 14.4 Å². The standard InChI is InChI=1S/C23H25BrO5/c1-13-6-11-18(14(2)12-13)21(25)15(3)19(16-7-9-17(24)10-8-16)20(22(26)28-4)23(27)29-5/h6-12,15,19-20H,1-5H3. The Bertz CT molecular complexity index is 888. The summed E-state index contributed by atoms with van der Waals surface area (Å²) in [6.07, 6.45) is 0. The van der Waals surface area contributed by atoms with E-state index in [9.17, 15) is 14.4 Å². The summed E-state index contributed by atoms with van der Waals surface area (Å²) in [6, 6.07) is 12.8. The highest BCUT2D eigenvalue weighted by Crippen LogP contribution is 2.37. The molecule has 0 spiro atoms. The number of ether oxygens (including phenoxy) is 2. The minimum atomic E-state index is -1.25. The quantitative estimate of drug-likeness (QED) is 0.342. The van der Waals surface area contributed by atoms with Crippen molar-refractivity contribution in [1.82, 2.24) is 0 Å². The van der Waals surface area contributed by atoms with E-state index in [1.807, 2.05) is 38.1 Å². The molecule has 0 heterocycles. The van der Waals surface area contributed by atoms with Gasteiger partial charge in [0.15, 0.2) is 11.7 Å². The van der Waals surface area contributed by atoms with Crippen LogP contribution in [0.4, 0.5) is 0 Å². The maximum absolute atomic E-state index is 13.4. The zero-order valence-electron chi connectivity index (χ0n) is 17.2. The molecule has 5 nitrogen and oxygen atoms in total. The number of carbonyl (C=O) groups is 3. The zero-order chi connectivity index (χ0) is 21.7. The topological polar surface area (TPSA) is 69.7 Å². The van der Waals surface area contributed by atoms with E-state index in [-0.39, 0.29) is 5.78 Å². The lowest BCUT2D eigenvalue weighted by Gasteiger charge is -2.29. The number of aryl methyl sites for hydroxylation is 2. The van der Waals surface area contributed by atoms with Gasteiger partial charge >= 0.3 is 11.9 Å². The Morgan fingerprint density at radius 3 is 1.93 bits per heavy atom. The normalized spacial score (nSPS) is 12.9. The smallest absolute Gasteiger partial charge is 0.320 e. The summed E-state index contributed by atoms with van der Waals surface area (Å²) in [5.41, 5.74) is 3.15. The summed E-state index contributed by atoms with van der Waals surface area (Å²) < 4.78 is 10.6. The number of carbonyl (C=O) groups excluding carboxylic acids is 3. The number of rotatable bonds is 7. The van der Waals surface area contributed by atoms with Crippen molar-refractivity contribution in [2.24, 2.45) is 11.8 Å². The molecule has 0 amide bonds. The molecule has 0 saturated heterocycles. The minimum absolute atomic E-state index is 0.145. The van der Waals surface area contributed by atoms with Gasteiger partial charge in [0.25, 0.3) is 0 Å². The van der Waals surface area contributed by atoms with Gasteiger partial charge < -0.3 is 9.47 Å². The van der Waals surface area contributed by atoms with Crippen LogP contribution in [0.3, 0.4) is 0 Å². The molecule has 2 rings (SSSR count).